The number of hydrogen-bond donors (Lipinski definition) is 0. The summed E-state index contributed by atoms with van der Waals surface area (Å²) in [6.07, 6.45) is 3.12. The fraction of sp³-hybridized carbons (Fsp3) is 0.154. The van der Waals surface area contributed by atoms with E-state index in [4.69, 9.17) is 9.47 Å². The summed E-state index contributed by atoms with van der Waals surface area (Å²) in [6, 6.07) is 5.50. The molecular weight excluding hydrogens is 278 g/mol. The lowest BCUT2D eigenvalue weighted by Crippen LogP contribution is -2.23. The molecule has 0 amide bonds. The second-order valence-electron chi connectivity index (χ2n) is 3.95. The van der Waals surface area contributed by atoms with Crippen molar-refractivity contribution in [2.75, 3.05) is 14.2 Å². The molecule has 3 aromatic rings. The SMILES string of the molecule is COc1cccc(/C=c2/sc3ncnn3c2=O)c1OC. The van der Waals surface area contributed by atoms with Gasteiger partial charge in [0.15, 0.2) is 11.5 Å². The third kappa shape index (κ3) is 1.92. The molecule has 7 heteroatoms. The first-order chi connectivity index (χ1) is 9.74. The Kier molecular flexibility index (Phi) is 3.11. The van der Waals surface area contributed by atoms with Gasteiger partial charge in [0.2, 0.25) is 4.96 Å². The van der Waals surface area contributed by atoms with Crippen LogP contribution in [0.2, 0.25) is 0 Å². The average molecular weight is 289 g/mol. The Morgan fingerprint density at radius 1 is 1.30 bits per heavy atom. The van der Waals surface area contributed by atoms with E-state index in [9.17, 15) is 4.79 Å². The maximum absolute atomic E-state index is 12.1. The Labute approximate surface area is 117 Å². The minimum absolute atomic E-state index is 0.188. The zero-order valence-electron chi connectivity index (χ0n) is 10.9. The van der Waals surface area contributed by atoms with Gasteiger partial charge in [-0.15, -0.1) is 0 Å². The number of ether oxygens (including phenoxy) is 2. The van der Waals surface area contributed by atoms with E-state index in [-0.39, 0.29) is 5.56 Å². The fourth-order valence-electron chi connectivity index (χ4n) is 1.94. The molecule has 20 heavy (non-hydrogen) atoms. The van der Waals surface area contributed by atoms with E-state index in [1.54, 1.807) is 26.4 Å². The van der Waals surface area contributed by atoms with Crippen molar-refractivity contribution in [3.8, 4) is 11.5 Å². The van der Waals surface area contributed by atoms with E-state index < -0.39 is 0 Å². The van der Waals surface area contributed by atoms with Gasteiger partial charge in [-0.05, 0) is 12.1 Å². The average Bonchev–Trinajstić information content (AvgIpc) is 3.03. The molecule has 2 aromatic heterocycles. The Balaban J connectivity index is 2.24. The first kappa shape index (κ1) is 12.6. The lowest BCUT2D eigenvalue weighted by Gasteiger charge is -2.09. The highest BCUT2D eigenvalue weighted by Crippen LogP contribution is 2.30. The molecule has 0 atom stereocenters. The van der Waals surface area contributed by atoms with E-state index in [0.717, 1.165) is 5.56 Å². The first-order valence-electron chi connectivity index (χ1n) is 5.80. The number of nitrogens with zero attached hydrogens (tertiary/aromatic N) is 3. The summed E-state index contributed by atoms with van der Waals surface area (Å²) in [5.74, 6) is 1.21. The van der Waals surface area contributed by atoms with Crippen molar-refractivity contribution in [1.82, 2.24) is 14.6 Å². The van der Waals surface area contributed by atoms with Crippen LogP contribution < -0.4 is 19.6 Å². The van der Waals surface area contributed by atoms with E-state index in [0.29, 0.717) is 21.0 Å². The van der Waals surface area contributed by atoms with Gasteiger partial charge >= 0.3 is 0 Å². The minimum Gasteiger partial charge on any atom is -0.493 e. The minimum atomic E-state index is -0.188. The van der Waals surface area contributed by atoms with E-state index >= 15 is 0 Å². The smallest absolute Gasteiger partial charge is 0.291 e. The van der Waals surface area contributed by atoms with Crippen LogP contribution >= 0.6 is 11.3 Å². The molecule has 3 rings (SSSR count). The molecule has 0 aliphatic heterocycles. The number of thiazole rings is 1. The molecule has 2 heterocycles. The highest BCUT2D eigenvalue weighted by atomic mass is 32.1. The summed E-state index contributed by atoms with van der Waals surface area (Å²) in [7, 11) is 3.14. The maximum atomic E-state index is 12.1. The van der Waals surface area contributed by atoms with Crippen LogP contribution in [-0.2, 0) is 0 Å². The van der Waals surface area contributed by atoms with Gasteiger partial charge in [0.05, 0.1) is 18.8 Å². The van der Waals surface area contributed by atoms with Gasteiger partial charge < -0.3 is 9.47 Å². The zero-order valence-corrected chi connectivity index (χ0v) is 11.7. The third-order valence-corrected chi connectivity index (χ3v) is 3.81. The number of hydrogen-bond acceptors (Lipinski definition) is 6. The third-order valence-electron chi connectivity index (χ3n) is 2.84. The van der Waals surface area contributed by atoms with Gasteiger partial charge in [0.1, 0.15) is 6.33 Å². The largest absolute Gasteiger partial charge is 0.493 e. The summed E-state index contributed by atoms with van der Waals surface area (Å²) in [5, 5.41) is 3.88. The van der Waals surface area contributed by atoms with Crippen molar-refractivity contribution in [2.24, 2.45) is 0 Å². The Hall–Kier alpha value is -2.41. The van der Waals surface area contributed by atoms with Crippen LogP contribution in [0, 0.1) is 0 Å². The molecule has 0 aliphatic rings. The molecule has 0 saturated carbocycles. The Morgan fingerprint density at radius 3 is 2.85 bits per heavy atom. The zero-order chi connectivity index (χ0) is 14.1. The normalized spacial score (nSPS) is 12.0. The van der Waals surface area contributed by atoms with Gasteiger partial charge in [-0.1, -0.05) is 23.5 Å². The molecule has 102 valence electrons. The second-order valence-corrected chi connectivity index (χ2v) is 4.96. The molecule has 0 N–H and O–H groups in total. The topological polar surface area (TPSA) is 65.7 Å². The standard InChI is InChI=1S/C13H11N3O3S/c1-18-9-5-3-4-8(11(9)19-2)6-10-12(17)16-13(20-10)14-7-15-16/h3-7H,1-2H3/b10-6+. The van der Waals surface area contributed by atoms with Gasteiger partial charge in [0, 0.05) is 5.56 Å². The number of methoxy groups -OCH3 is 2. The summed E-state index contributed by atoms with van der Waals surface area (Å²) in [5.41, 5.74) is 0.584. The number of para-hydroxylation sites is 1. The van der Waals surface area contributed by atoms with Gasteiger partial charge in [-0.25, -0.2) is 4.98 Å². The molecule has 1 aromatic carbocycles. The molecule has 0 fully saturated rings. The predicted molar refractivity (Wildman–Crippen MR) is 75.5 cm³/mol. The van der Waals surface area contributed by atoms with Crippen molar-refractivity contribution in [2.45, 2.75) is 0 Å². The van der Waals surface area contributed by atoms with Crippen molar-refractivity contribution >= 4 is 22.4 Å². The van der Waals surface area contributed by atoms with Crippen LogP contribution in [-0.4, -0.2) is 28.8 Å². The molecular formula is C13H11N3O3S. The molecule has 0 unspecified atom stereocenters. The molecule has 0 bridgehead atoms. The van der Waals surface area contributed by atoms with Crippen LogP contribution in [0.5, 0.6) is 11.5 Å². The Bertz CT molecular complexity index is 869. The second kappa shape index (κ2) is 4.93. The van der Waals surface area contributed by atoms with Crippen molar-refractivity contribution in [3.63, 3.8) is 0 Å². The van der Waals surface area contributed by atoms with Crippen LogP contribution in [0.3, 0.4) is 0 Å². The molecule has 6 nitrogen and oxygen atoms in total. The van der Waals surface area contributed by atoms with Crippen molar-refractivity contribution in [3.05, 3.63) is 45.0 Å². The lowest BCUT2D eigenvalue weighted by atomic mass is 10.2. The number of fused-ring (bicyclic) bond motifs is 1. The van der Waals surface area contributed by atoms with Crippen LogP contribution in [0.1, 0.15) is 5.56 Å². The molecule has 0 spiro atoms. The summed E-state index contributed by atoms with van der Waals surface area (Å²) >= 11 is 1.28. The van der Waals surface area contributed by atoms with Crippen molar-refractivity contribution < 1.29 is 9.47 Å². The summed E-state index contributed by atoms with van der Waals surface area (Å²) < 4.78 is 12.4. The van der Waals surface area contributed by atoms with Crippen LogP contribution in [0.25, 0.3) is 11.0 Å². The first-order valence-corrected chi connectivity index (χ1v) is 6.61. The predicted octanol–water partition coefficient (Wildman–Crippen LogP) is 0.716. The Morgan fingerprint density at radius 2 is 2.15 bits per heavy atom. The quantitative estimate of drug-likeness (QED) is 0.710. The number of rotatable bonds is 3. The molecule has 0 saturated heterocycles. The maximum Gasteiger partial charge on any atom is 0.291 e. The molecule has 0 radical (unpaired) electrons. The number of benzene rings is 1. The highest BCUT2D eigenvalue weighted by Gasteiger charge is 2.09. The fourth-order valence-corrected chi connectivity index (χ4v) is 2.82. The van der Waals surface area contributed by atoms with Crippen LogP contribution in [0.15, 0.2) is 29.3 Å². The van der Waals surface area contributed by atoms with Crippen LogP contribution in [0.4, 0.5) is 0 Å². The summed E-state index contributed by atoms with van der Waals surface area (Å²) in [4.78, 5) is 16.7. The summed E-state index contributed by atoms with van der Waals surface area (Å²) in [6.45, 7) is 0. The van der Waals surface area contributed by atoms with Crippen molar-refractivity contribution in [1.29, 1.82) is 0 Å². The van der Waals surface area contributed by atoms with E-state index in [1.165, 1.54) is 22.2 Å². The lowest BCUT2D eigenvalue weighted by molar-refractivity contribution is 0.354. The van der Waals surface area contributed by atoms with Gasteiger partial charge in [-0.3, -0.25) is 4.79 Å². The molecule has 0 aliphatic carbocycles. The highest BCUT2D eigenvalue weighted by molar-refractivity contribution is 7.15. The van der Waals surface area contributed by atoms with E-state index in [1.807, 2.05) is 12.1 Å². The van der Waals surface area contributed by atoms with E-state index in [2.05, 4.69) is 10.1 Å². The van der Waals surface area contributed by atoms with Gasteiger partial charge in [0.25, 0.3) is 5.56 Å². The number of aromatic nitrogens is 3. The van der Waals surface area contributed by atoms with Gasteiger partial charge in [-0.2, -0.15) is 9.61 Å². The monoisotopic (exact) mass is 289 g/mol.